The van der Waals surface area contributed by atoms with Gasteiger partial charge in [-0.05, 0) is 44.4 Å². The van der Waals surface area contributed by atoms with Crippen LogP contribution in [0.1, 0.15) is 25.3 Å². The molecule has 1 saturated heterocycles. The van der Waals surface area contributed by atoms with Crippen molar-refractivity contribution in [2.24, 2.45) is 0 Å². The summed E-state index contributed by atoms with van der Waals surface area (Å²) in [6.45, 7) is 5.93. The first kappa shape index (κ1) is 11.9. The second kappa shape index (κ2) is 4.38. The van der Waals surface area contributed by atoms with Gasteiger partial charge in [-0.25, -0.2) is 0 Å². The van der Waals surface area contributed by atoms with Crippen molar-refractivity contribution in [3.05, 3.63) is 28.2 Å². The molecule has 1 heterocycles. The van der Waals surface area contributed by atoms with Gasteiger partial charge in [0.05, 0.1) is 5.60 Å². The summed E-state index contributed by atoms with van der Waals surface area (Å²) < 4.78 is 1.12. The molecule has 16 heavy (non-hydrogen) atoms. The third-order valence-electron chi connectivity index (χ3n) is 3.35. The van der Waals surface area contributed by atoms with E-state index in [4.69, 9.17) is 0 Å². The van der Waals surface area contributed by atoms with Crippen LogP contribution in [0.15, 0.2) is 22.7 Å². The van der Waals surface area contributed by atoms with Gasteiger partial charge in [0, 0.05) is 23.2 Å². The molecule has 0 amide bonds. The number of rotatable bonds is 1. The van der Waals surface area contributed by atoms with Crippen molar-refractivity contribution >= 4 is 21.6 Å². The van der Waals surface area contributed by atoms with E-state index in [1.165, 1.54) is 11.3 Å². The van der Waals surface area contributed by atoms with Gasteiger partial charge >= 0.3 is 0 Å². The summed E-state index contributed by atoms with van der Waals surface area (Å²) >= 11 is 3.51. The van der Waals surface area contributed by atoms with E-state index >= 15 is 0 Å². The van der Waals surface area contributed by atoms with Gasteiger partial charge in [0.2, 0.25) is 0 Å². The second-order valence-corrected chi connectivity index (χ2v) is 5.83. The van der Waals surface area contributed by atoms with Crippen LogP contribution < -0.4 is 4.90 Å². The molecule has 0 spiro atoms. The lowest BCUT2D eigenvalue weighted by molar-refractivity contribution is 0.0351. The molecular weight excluding hydrogens is 266 g/mol. The Kier molecular flexibility index (Phi) is 3.27. The Labute approximate surface area is 105 Å². The molecule has 0 bridgehead atoms. The van der Waals surface area contributed by atoms with Gasteiger partial charge in [-0.2, -0.15) is 0 Å². The van der Waals surface area contributed by atoms with Gasteiger partial charge in [0.1, 0.15) is 0 Å². The predicted octanol–water partition coefficient (Wildman–Crippen LogP) is 3.11. The topological polar surface area (TPSA) is 23.5 Å². The van der Waals surface area contributed by atoms with Crippen molar-refractivity contribution < 1.29 is 5.11 Å². The summed E-state index contributed by atoms with van der Waals surface area (Å²) in [6, 6.07) is 6.36. The quantitative estimate of drug-likeness (QED) is 0.856. The van der Waals surface area contributed by atoms with Gasteiger partial charge in [0.25, 0.3) is 0 Å². The summed E-state index contributed by atoms with van der Waals surface area (Å²) in [7, 11) is 0. The number of hydrogen-bond acceptors (Lipinski definition) is 2. The molecule has 0 aliphatic carbocycles. The van der Waals surface area contributed by atoms with Crippen LogP contribution in [-0.2, 0) is 0 Å². The summed E-state index contributed by atoms with van der Waals surface area (Å²) in [5.41, 5.74) is 2.10. The molecule has 1 aromatic carbocycles. The lowest BCUT2D eigenvalue weighted by Gasteiger charge is -2.37. The third kappa shape index (κ3) is 2.58. The third-order valence-corrected chi connectivity index (χ3v) is 3.85. The van der Waals surface area contributed by atoms with Gasteiger partial charge in [0.15, 0.2) is 0 Å². The van der Waals surface area contributed by atoms with E-state index in [1.807, 2.05) is 6.92 Å². The number of aliphatic hydroxyl groups is 1. The number of aryl methyl sites for hydroxylation is 1. The zero-order valence-electron chi connectivity index (χ0n) is 9.83. The molecule has 3 heteroatoms. The molecule has 0 radical (unpaired) electrons. The lowest BCUT2D eigenvalue weighted by atomic mass is 9.93. The van der Waals surface area contributed by atoms with Crippen LogP contribution >= 0.6 is 15.9 Å². The minimum atomic E-state index is -0.476. The first-order valence-electron chi connectivity index (χ1n) is 5.71. The van der Waals surface area contributed by atoms with Crippen LogP contribution in [-0.4, -0.2) is 23.8 Å². The van der Waals surface area contributed by atoms with E-state index in [9.17, 15) is 5.11 Å². The van der Waals surface area contributed by atoms with Gasteiger partial charge in [-0.1, -0.05) is 22.0 Å². The Hall–Kier alpha value is -0.540. The van der Waals surface area contributed by atoms with Gasteiger partial charge in [-0.3, -0.25) is 0 Å². The van der Waals surface area contributed by atoms with Crippen molar-refractivity contribution in [3.8, 4) is 0 Å². The van der Waals surface area contributed by atoms with Crippen molar-refractivity contribution in [2.75, 3.05) is 18.0 Å². The van der Waals surface area contributed by atoms with Crippen LogP contribution in [0.5, 0.6) is 0 Å². The molecule has 1 aromatic rings. The van der Waals surface area contributed by atoms with Gasteiger partial charge in [-0.15, -0.1) is 0 Å². The highest BCUT2D eigenvalue weighted by Gasteiger charge is 2.27. The van der Waals surface area contributed by atoms with Crippen LogP contribution in [0.2, 0.25) is 0 Å². The maximum Gasteiger partial charge on any atom is 0.0653 e. The highest BCUT2D eigenvalue weighted by atomic mass is 79.9. The van der Waals surface area contributed by atoms with E-state index in [-0.39, 0.29) is 0 Å². The summed E-state index contributed by atoms with van der Waals surface area (Å²) in [5, 5.41) is 9.93. The summed E-state index contributed by atoms with van der Waals surface area (Å²) in [6.07, 6.45) is 1.69. The smallest absolute Gasteiger partial charge is 0.0653 e. The number of benzene rings is 1. The minimum Gasteiger partial charge on any atom is -0.390 e. The highest BCUT2D eigenvalue weighted by molar-refractivity contribution is 9.10. The molecule has 0 aromatic heterocycles. The summed E-state index contributed by atoms with van der Waals surface area (Å²) in [5.74, 6) is 0. The lowest BCUT2D eigenvalue weighted by Crippen LogP contribution is -2.42. The van der Waals surface area contributed by atoms with Crippen LogP contribution in [0, 0.1) is 6.92 Å². The molecular formula is C13H18BrNO. The Morgan fingerprint density at radius 3 is 2.56 bits per heavy atom. The fourth-order valence-corrected chi connectivity index (χ4v) is 2.50. The fourth-order valence-electron chi connectivity index (χ4n) is 2.15. The van der Waals surface area contributed by atoms with Crippen molar-refractivity contribution in [3.63, 3.8) is 0 Å². The van der Waals surface area contributed by atoms with Crippen molar-refractivity contribution in [2.45, 2.75) is 32.3 Å². The average molecular weight is 284 g/mol. The number of anilines is 1. The Morgan fingerprint density at radius 2 is 1.94 bits per heavy atom. The largest absolute Gasteiger partial charge is 0.390 e. The second-order valence-electron chi connectivity index (χ2n) is 4.91. The average Bonchev–Trinajstić information content (AvgIpc) is 2.22. The molecule has 88 valence electrons. The fraction of sp³-hybridized carbons (Fsp3) is 0.538. The van der Waals surface area contributed by atoms with E-state index in [1.54, 1.807) is 0 Å². The summed E-state index contributed by atoms with van der Waals surface area (Å²) in [4.78, 5) is 2.36. The normalized spacial score (nSPS) is 19.9. The molecule has 0 saturated carbocycles. The molecule has 0 atom stereocenters. The number of nitrogens with zero attached hydrogens (tertiary/aromatic N) is 1. The monoisotopic (exact) mass is 283 g/mol. The number of piperidine rings is 1. The maximum atomic E-state index is 9.93. The SMILES string of the molecule is Cc1ccc(Br)cc1N1CCC(C)(O)CC1. The van der Waals surface area contributed by atoms with Crippen LogP contribution in [0.4, 0.5) is 5.69 Å². The van der Waals surface area contributed by atoms with Crippen molar-refractivity contribution in [1.29, 1.82) is 0 Å². The van der Waals surface area contributed by atoms with E-state index in [0.29, 0.717) is 0 Å². The Balaban J connectivity index is 2.17. The van der Waals surface area contributed by atoms with Gasteiger partial charge < -0.3 is 10.0 Å². The van der Waals surface area contributed by atoms with E-state index in [0.717, 1.165) is 30.4 Å². The van der Waals surface area contributed by atoms with Crippen LogP contribution in [0.3, 0.4) is 0 Å². The first-order valence-corrected chi connectivity index (χ1v) is 6.51. The standard InChI is InChI=1S/C13H18BrNO/c1-10-3-4-11(14)9-12(10)15-7-5-13(2,16)6-8-15/h3-4,9,16H,5-8H2,1-2H3. The highest BCUT2D eigenvalue weighted by Crippen LogP contribution is 2.29. The zero-order valence-corrected chi connectivity index (χ0v) is 11.4. The first-order chi connectivity index (χ1) is 7.48. The number of hydrogen-bond donors (Lipinski definition) is 1. The minimum absolute atomic E-state index is 0.476. The van der Waals surface area contributed by atoms with Crippen LogP contribution in [0.25, 0.3) is 0 Å². The van der Waals surface area contributed by atoms with E-state index < -0.39 is 5.60 Å². The van der Waals surface area contributed by atoms with Crippen molar-refractivity contribution in [1.82, 2.24) is 0 Å². The van der Waals surface area contributed by atoms with E-state index in [2.05, 4.69) is 46.0 Å². The number of halogens is 1. The molecule has 1 N–H and O–H groups in total. The molecule has 2 nitrogen and oxygen atoms in total. The zero-order chi connectivity index (χ0) is 11.8. The predicted molar refractivity (Wildman–Crippen MR) is 70.9 cm³/mol. The Bertz CT molecular complexity index is 380. The molecule has 1 aliphatic heterocycles. The molecule has 0 unspecified atom stereocenters. The molecule has 1 fully saturated rings. The molecule has 1 aliphatic rings. The molecule has 2 rings (SSSR count). The Morgan fingerprint density at radius 1 is 1.31 bits per heavy atom. The maximum absolute atomic E-state index is 9.93.